The Kier molecular flexibility index (Phi) is 6.09. The van der Waals surface area contributed by atoms with Crippen LogP contribution in [0.25, 0.3) is 0 Å². The van der Waals surface area contributed by atoms with E-state index in [0.717, 1.165) is 38.8 Å². The zero-order valence-corrected chi connectivity index (χ0v) is 12.3. The molecule has 1 amide bonds. The lowest BCUT2D eigenvalue weighted by Gasteiger charge is -2.29. The van der Waals surface area contributed by atoms with Crippen molar-refractivity contribution in [2.24, 2.45) is 5.41 Å². The zero-order valence-electron chi connectivity index (χ0n) is 12.3. The van der Waals surface area contributed by atoms with Crippen LogP contribution in [0.1, 0.15) is 46.5 Å². The molecule has 1 atom stereocenters. The van der Waals surface area contributed by atoms with Crippen molar-refractivity contribution in [3.63, 3.8) is 0 Å². The van der Waals surface area contributed by atoms with Gasteiger partial charge in [0.1, 0.15) is 0 Å². The summed E-state index contributed by atoms with van der Waals surface area (Å²) >= 11 is 0. The van der Waals surface area contributed by atoms with E-state index in [2.05, 4.69) is 26.1 Å². The highest BCUT2D eigenvalue weighted by molar-refractivity contribution is 5.83. The fourth-order valence-electron chi connectivity index (χ4n) is 2.35. The van der Waals surface area contributed by atoms with Crippen LogP contribution in [-0.2, 0) is 9.53 Å². The maximum atomic E-state index is 12.2. The first-order valence-electron chi connectivity index (χ1n) is 7.01. The van der Waals surface area contributed by atoms with Crippen LogP contribution in [0, 0.1) is 5.41 Å². The van der Waals surface area contributed by atoms with E-state index in [1.54, 1.807) is 7.11 Å². The van der Waals surface area contributed by atoms with E-state index in [-0.39, 0.29) is 17.4 Å². The summed E-state index contributed by atoms with van der Waals surface area (Å²) in [6.45, 7) is 8.80. The largest absolute Gasteiger partial charge is 0.385 e. The van der Waals surface area contributed by atoms with Crippen molar-refractivity contribution in [2.75, 3.05) is 26.9 Å². The molecule has 0 bridgehead atoms. The molecule has 106 valence electrons. The minimum atomic E-state index is 0.0446. The van der Waals surface area contributed by atoms with Gasteiger partial charge in [-0.2, -0.15) is 0 Å². The van der Waals surface area contributed by atoms with Gasteiger partial charge < -0.3 is 9.64 Å². The first kappa shape index (κ1) is 15.4. The Morgan fingerprint density at radius 2 is 2.22 bits per heavy atom. The van der Waals surface area contributed by atoms with Crippen molar-refractivity contribution in [1.82, 2.24) is 10.2 Å². The number of carbonyl (C=O) groups is 1. The molecule has 1 heterocycles. The van der Waals surface area contributed by atoms with Crippen molar-refractivity contribution < 1.29 is 9.53 Å². The lowest BCUT2D eigenvalue weighted by atomic mass is 9.89. The number of hydrogen-bond donors (Lipinski definition) is 1. The van der Waals surface area contributed by atoms with E-state index in [9.17, 15) is 4.79 Å². The summed E-state index contributed by atoms with van der Waals surface area (Å²) in [7, 11) is 1.72. The van der Waals surface area contributed by atoms with Crippen LogP contribution in [0.3, 0.4) is 0 Å². The molecule has 1 fully saturated rings. The Bertz CT molecular complexity index is 267. The summed E-state index contributed by atoms with van der Waals surface area (Å²) in [6, 6.07) is 0.0446. The average Bonchev–Trinajstić information content (AvgIpc) is 2.65. The topological polar surface area (TPSA) is 41.6 Å². The number of carbonyl (C=O) groups excluding carboxylic acids is 1. The van der Waals surface area contributed by atoms with Crippen molar-refractivity contribution >= 4 is 5.91 Å². The molecule has 4 heteroatoms. The molecule has 1 unspecified atom stereocenters. The first-order chi connectivity index (χ1) is 8.50. The van der Waals surface area contributed by atoms with Crippen molar-refractivity contribution in [3.8, 4) is 0 Å². The molecule has 1 saturated heterocycles. The second-order valence-electron chi connectivity index (χ2n) is 6.00. The fraction of sp³-hybridized carbons (Fsp3) is 0.929. The maximum Gasteiger partial charge on any atom is 0.240 e. The Labute approximate surface area is 111 Å². The van der Waals surface area contributed by atoms with Gasteiger partial charge >= 0.3 is 0 Å². The van der Waals surface area contributed by atoms with Crippen LogP contribution in [0.2, 0.25) is 0 Å². The second-order valence-corrected chi connectivity index (χ2v) is 6.00. The number of amides is 1. The van der Waals surface area contributed by atoms with Crippen LogP contribution in [0.5, 0.6) is 0 Å². The van der Waals surface area contributed by atoms with Gasteiger partial charge in [-0.1, -0.05) is 33.6 Å². The van der Waals surface area contributed by atoms with E-state index in [4.69, 9.17) is 4.74 Å². The molecular formula is C14H28N2O2. The molecule has 18 heavy (non-hydrogen) atoms. The predicted molar refractivity (Wildman–Crippen MR) is 73.3 cm³/mol. The predicted octanol–water partition coefficient (Wildman–Crippen LogP) is 2.00. The lowest BCUT2D eigenvalue weighted by Crippen LogP contribution is -2.37. The number of unbranched alkanes of at least 4 members (excludes halogenated alkanes) is 1. The fourth-order valence-corrected chi connectivity index (χ4v) is 2.35. The summed E-state index contributed by atoms with van der Waals surface area (Å²) in [5, 5.41) is 3.32. The molecule has 1 aliphatic rings. The van der Waals surface area contributed by atoms with Crippen LogP contribution < -0.4 is 5.32 Å². The van der Waals surface area contributed by atoms with Crippen LogP contribution in [-0.4, -0.2) is 43.8 Å². The third-order valence-corrected chi connectivity index (χ3v) is 3.59. The molecule has 0 radical (unpaired) electrons. The molecule has 0 spiro atoms. The van der Waals surface area contributed by atoms with Gasteiger partial charge in [0.25, 0.3) is 0 Å². The third kappa shape index (κ3) is 4.58. The smallest absolute Gasteiger partial charge is 0.240 e. The normalized spacial score (nSPS) is 20.8. The molecule has 0 aromatic heterocycles. The van der Waals surface area contributed by atoms with E-state index in [1.807, 2.05) is 4.90 Å². The number of nitrogens with zero attached hydrogens (tertiary/aromatic N) is 1. The van der Waals surface area contributed by atoms with E-state index in [1.165, 1.54) is 0 Å². The van der Waals surface area contributed by atoms with Gasteiger partial charge in [0.15, 0.2) is 0 Å². The summed E-state index contributed by atoms with van der Waals surface area (Å²) < 4.78 is 5.12. The summed E-state index contributed by atoms with van der Waals surface area (Å²) in [6.07, 6.45) is 4.20. The van der Waals surface area contributed by atoms with E-state index < -0.39 is 0 Å². The Balaban J connectivity index is 2.41. The molecule has 1 aliphatic heterocycles. The highest BCUT2D eigenvalue weighted by atomic mass is 16.5. The quantitative estimate of drug-likeness (QED) is 0.722. The number of ether oxygens (including phenoxy) is 1. The molecule has 4 nitrogen and oxygen atoms in total. The first-order valence-corrected chi connectivity index (χ1v) is 7.01. The van der Waals surface area contributed by atoms with Crippen molar-refractivity contribution in [2.45, 2.75) is 52.5 Å². The zero-order chi connectivity index (χ0) is 13.6. The lowest BCUT2D eigenvalue weighted by molar-refractivity contribution is -0.130. The minimum absolute atomic E-state index is 0.0446. The summed E-state index contributed by atoms with van der Waals surface area (Å²) in [4.78, 5) is 14.1. The number of nitrogens with one attached hydrogen (secondary N) is 1. The van der Waals surface area contributed by atoms with Gasteiger partial charge in [0.05, 0.1) is 12.7 Å². The van der Waals surface area contributed by atoms with Gasteiger partial charge in [-0.05, 0) is 18.3 Å². The van der Waals surface area contributed by atoms with Crippen LogP contribution in [0.15, 0.2) is 0 Å². The highest BCUT2D eigenvalue weighted by Crippen LogP contribution is 2.23. The van der Waals surface area contributed by atoms with Crippen molar-refractivity contribution in [3.05, 3.63) is 0 Å². The number of hydrogen-bond acceptors (Lipinski definition) is 3. The second kappa shape index (κ2) is 7.10. The number of methoxy groups -OCH3 is 1. The molecule has 0 aromatic carbocycles. The third-order valence-electron chi connectivity index (χ3n) is 3.59. The number of rotatable bonds is 8. The highest BCUT2D eigenvalue weighted by Gasteiger charge is 2.33. The monoisotopic (exact) mass is 256 g/mol. The summed E-state index contributed by atoms with van der Waals surface area (Å²) in [5.41, 5.74) is 0.118. The van der Waals surface area contributed by atoms with Crippen LogP contribution in [0.4, 0.5) is 0 Å². The molecule has 0 aliphatic carbocycles. The van der Waals surface area contributed by atoms with E-state index >= 15 is 0 Å². The van der Waals surface area contributed by atoms with Gasteiger partial charge in [-0.3, -0.25) is 10.1 Å². The van der Waals surface area contributed by atoms with Gasteiger partial charge in [0.2, 0.25) is 5.91 Å². The van der Waals surface area contributed by atoms with Crippen molar-refractivity contribution in [1.29, 1.82) is 0 Å². The maximum absolute atomic E-state index is 12.2. The van der Waals surface area contributed by atoms with Gasteiger partial charge in [-0.25, -0.2) is 0 Å². The Hall–Kier alpha value is -0.610. The molecular weight excluding hydrogens is 228 g/mol. The molecule has 0 saturated carbocycles. The standard InChI is InChI=1S/C14H28N2O2/c1-5-6-7-12-13(17)16(11-15-12)10-14(2,3)8-9-18-4/h12,15H,5-11H2,1-4H3. The Morgan fingerprint density at radius 1 is 1.50 bits per heavy atom. The molecule has 0 aromatic rings. The minimum Gasteiger partial charge on any atom is -0.385 e. The molecule has 1 N–H and O–H groups in total. The SMILES string of the molecule is CCCCC1NCN(CC(C)(C)CCOC)C1=O. The van der Waals surface area contributed by atoms with E-state index in [0.29, 0.717) is 6.67 Å². The van der Waals surface area contributed by atoms with Crippen LogP contribution >= 0.6 is 0 Å². The molecule has 1 rings (SSSR count). The van der Waals surface area contributed by atoms with Gasteiger partial charge in [0, 0.05) is 20.3 Å². The average molecular weight is 256 g/mol. The summed E-state index contributed by atoms with van der Waals surface area (Å²) in [5.74, 6) is 0.272. The Morgan fingerprint density at radius 3 is 2.83 bits per heavy atom. The van der Waals surface area contributed by atoms with Gasteiger partial charge in [-0.15, -0.1) is 0 Å².